The molecule has 0 spiro atoms. The first-order valence-corrected chi connectivity index (χ1v) is 8.64. The molecule has 0 N–H and O–H groups in total. The molecule has 0 aromatic heterocycles. The predicted molar refractivity (Wildman–Crippen MR) is 88.9 cm³/mol. The van der Waals surface area contributed by atoms with E-state index in [1.807, 2.05) is 12.1 Å². The van der Waals surface area contributed by atoms with Gasteiger partial charge in [0.25, 0.3) is 0 Å². The second-order valence-electron chi connectivity index (χ2n) is 6.17. The van der Waals surface area contributed by atoms with E-state index in [0.29, 0.717) is 5.78 Å². The molecule has 0 saturated carbocycles. The standard InChI is InChI=1S/C19H29NO/c1-3-5-10-16-11-6-7-12-17(16)19(21)18-13-8-9-15-20(18)14-4-2/h6-7,11-12,18H,3-5,8-10,13-15H2,1-2H3. The van der Waals surface area contributed by atoms with Crippen molar-refractivity contribution in [2.45, 2.75) is 64.8 Å². The Morgan fingerprint density at radius 2 is 2.00 bits per heavy atom. The fraction of sp³-hybridized carbons (Fsp3) is 0.632. The lowest BCUT2D eigenvalue weighted by molar-refractivity contribution is 0.0746. The van der Waals surface area contributed by atoms with Gasteiger partial charge in [0.05, 0.1) is 6.04 Å². The molecular formula is C19H29NO. The summed E-state index contributed by atoms with van der Waals surface area (Å²) >= 11 is 0. The van der Waals surface area contributed by atoms with E-state index in [-0.39, 0.29) is 6.04 Å². The van der Waals surface area contributed by atoms with Crippen molar-refractivity contribution in [2.75, 3.05) is 13.1 Å². The monoisotopic (exact) mass is 287 g/mol. The molecule has 2 nitrogen and oxygen atoms in total. The van der Waals surface area contributed by atoms with E-state index >= 15 is 0 Å². The summed E-state index contributed by atoms with van der Waals surface area (Å²) in [5.41, 5.74) is 2.21. The smallest absolute Gasteiger partial charge is 0.180 e. The van der Waals surface area contributed by atoms with Crippen LogP contribution in [-0.4, -0.2) is 29.8 Å². The topological polar surface area (TPSA) is 20.3 Å². The largest absolute Gasteiger partial charge is 0.293 e. The maximum atomic E-state index is 13.0. The zero-order valence-electron chi connectivity index (χ0n) is 13.6. The third kappa shape index (κ3) is 4.16. The van der Waals surface area contributed by atoms with Crippen LogP contribution in [0.5, 0.6) is 0 Å². The fourth-order valence-corrected chi connectivity index (χ4v) is 3.37. The van der Waals surface area contributed by atoms with Crippen LogP contribution in [0.25, 0.3) is 0 Å². The summed E-state index contributed by atoms with van der Waals surface area (Å²) in [4.78, 5) is 15.4. The van der Waals surface area contributed by atoms with Crippen molar-refractivity contribution >= 4 is 5.78 Å². The minimum atomic E-state index is 0.112. The van der Waals surface area contributed by atoms with Crippen molar-refractivity contribution in [3.8, 4) is 0 Å². The molecule has 2 heteroatoms. The lowest BCUT2D eigenvalue weighted by Crippen LogP contribution is -2.45. The normalized spacial score (nSPS) is 19.6. The van der Waals surface area contributed by atoms with E-state index in [0.717, 1.165) is 44.3 Å². The average Bonchev–Trinajstić information content (AvgIpc) is 2.53. The fourth-order valence-electron chi connectivity index (χ4n) is 3.37. The highest BCUT2D eigenvalue weighted by atomic mass is 16.1. The van der Waals surface area contributed by atoms with Crippen LogP contribution in [-0.2, 0) is 6.42 Å². The molecule has 0 amide bonds. The van der Waals surface area contributed by atoms with Crippen LogP contribution in [0.1, 0.15) is 68.3 Å². The first-order chi connectivity index (χ1) is 10.3. The number of ketones is 1. The number of hydrogen-bond acceptors (Lipinski definition) is 2. The summed E-state index contributed by atoms with van der Waals surface area (Å²) in [6, 6.07) is 8.35. The number of carbonyl (C=O) groups is 1. The third-order valence-corrected chi connectivity index (χ3v) is 4.51. The molecule has 1 atom stereocenters. The molecule has 1 aliphatic heterocycles. The van der Waals surface area contributed by atoms with E-state index in [4.69, 9.17) is 0 Å². The first kappa shape index (κ1) is 16.2. The number of aryl methyl sites for hydroxylation is 1. The molecule has 1 heterocycles. The van der Waals surface area contributed by atoms with Gasteiger partial charge in [-0.1, -0.05) is 51.0 Å². The highest BCUT2D eigenvalue weighted by Crippen LogP contribution is 2.23. The number of likely N-dealkylation sites (tertiary alicyclic amines) is 1. The number of piperidine rings is 1. The Bertz CT molecular complexity index is 453. The summed E-state index contributed by atoms with van der Waals surface area (Å²) in [7, 11) is 0. The molecule has 21 heavy (non-hydrogen) atoms. The van der Waals surface area contributed by atoms with Crippen molar-refractivity contribution in [2.24, 2.45) is 0 Å². The maximum Gasteiger partial charge on any atom is 0.180 e. The second-order valence-corrected chi connectivity index (χ2v) is 6.17. The lowest BCUT2D eigenvalue weighted by Gasteiger charge is -2.34. The summed E-state index contributed by atoms with van der Waals surface area (Å²) in [6.45, 7) is 6.54. The van der Waals surface area contributed by atoms with Crippen LogP contribution in [0.4, 0.5) is 0 Å². The zero-order valence-corrected chi connectivity index (χ0v) is 13.6. The Balaban J connectivity index is 2.17. The molecule has 1 aromatic rings. The Kier molecular flexibility index (Phi) is 6.44. The molecule has 0 radical (unpaired) electrons. The Hall–Kier alpha value is -1.15. The van der Waals surface area contributed by atoms with Crippen molar-refractivity contribution in [3.63, 3.8) is 0 Å². The number of unbranched alkanes of at least 4 members (excludes halogenated alkanes) is 1. The quantitative estimate of drug-likeness (QED) is 0.689. The van der Waals surface area contributed by atoms with E-state index in [1.54, 1.807) is 0 Å². The molecule has 1 saturated heterocycles. The summed E-state index contributed by atoms with van der Waals surface area (Å²) < 4.78 is 0. The van der Waals surface area contributed by atoms with Crippen LogP contribution in [0.2, 0.25) is 0 Å². The van der Waals surface area contributed by atoms with E-state index in [2.05, 4.69) is 30.9 Å². The van der Waals surface area contributed by atoms with Crippen LogP contribution >= 0.6 is 0 Å². The predicted octanol–water partition coefficient (Wildman–Crippen LogP) is 4.48. The van der Waals surface area contributed by atoms with Gasteiger partial charge in [0.15, 0.2) is 5.78 Å². The second kappa shape index (κ2) is 8.33. The van der Waals surface area contributed by atoms with Gasteiger partial charge >= 0.3 is 0 Å². The zero-order chi connectivity index (χ0) is 15.1. The van der Waals surface area contributed by atoms with Gasteiger partial charge in [-0.15, -0.1) is 0 Å². The highest BCUT2D eigenvalue weighted by Gasteiger charge is 2.29. The van der Waals surface area contributed by atoms with Crippen LogP contribution < -0.4 is 0 Å². The number of hydrogen-bond donors (Lipinski definition) is 0. The number of carbonyl (C=O) groups excluding carboxylic acids is 1. The SMILES string of the molecule is CCCCc1ccccc1C(=O)C1CCCCN1CCC. The van der Waals surface area contributed by atoms with Gasteiger partial charge in [-0.2, -0.15) is 0 Å². The molecule has 0 aliphatic carbocycles. The van der Waals surface area contributed by atoms with Crippen molar-refractivity contribution in [1.82, 2.24) is 4.90 Å². The summed E-state index contributed by atoms with van der Waals surface area (Å²) in [6.07, 6.45) is 7.94. The number of rotatable bonds is 7. The van der Waals surface area contributed by atoms with Crippen LogP contribution in [0, 0.1) is 0 Å². The molecular weight excluding hydrogens is 258 g/mol. The highest BCUT2D eigenvalue weighted by molar-refractivity contribution is 6.01. The van der Waals surface area contributed by atoms with Gasteiger partial charge < -0.3 is 0 Å². The Morgan fingerprint density at radius 1 is 1.19 bits per heavy atom. The lowest BCUT2D eigenvalue weighted by atomic mass is 9.90. The van der Waals surface area contributed by atoms with Gasteiger partial charge in [0, 0.05) is 5.56 Å². The Labute approximate surface area is 129 Å². The maximum absolute atomic E-state index is 13.0. The average molecular weight is 287 g/mol. The minimum Gasteiger partial charge on any atom is -0.293 e. The molecule has 1 aromatic carbocycles. The van der Waals surface area contributed by atoms with E-state index in [9.17, 15) is 4.79 Å². The molecule has 1 fully saturated rings. The molecule has 116 valence electrons. The van der Waals surface area contributed by atoms with Gasteiger partial charge in [-0.25, -0.2) is 0 Å². The number of benzene rings is 1. The van der Waals surface area contributed by atoms with Gasteiger partial charge in [-0.3, -0.25) is 9.69 Å². The first-order valence-electron chi connectivity index (χ1n) is 8.64. The number of nitrogens with zero attached hydrogens (tertiary/aromatic N) is 1. The van der Waals surface area contributed by atoms with Gasteiger partial charge in [0.1, 0.15) is 0 Å². The molecule has 2 rings (SSSR count). The molecule has 1 unspecified atom stereocenters. The van der Waals surface area contributed by atoms with E-state index in [1.165, 1.54) is 24.8 Å². The van der Waals surface area contributed by atoms with Crippen LogP contribution in [0.3, 0.4) is 0 Å². The third-order valence-electron chi connectivity index (χ3n) is 4.51. The Morgan fingerprint density at radius 3 is 2.76 bits per heavy atom. The molecule has 0 bridgehead atoms. The summed E-state index contributed by atoms with van der Waals surface area (Å²) in [5, 5.41) is 0. The van der Waals surface area contributed by atoms with Crippen molar-refractivity contribution in [1.29, 1.82) is 0 Å². The van der Waals surface area contributed by atoms with Gasteiger partial charge in [0.2, 0.25) is 0 Å². The van der Waals surface area contributed by atoms with Gasteiger partial charge in [-0.05, 0) is 50.8 Å². The van der Waals surface area contributed by atoms with E-state index < -0.39 is 0 Å². The summed E-state index contributed by atoms with van der Waals surface area (Å²) in [5.74, 6) is 0.356. The minimum absolute atomic E-state index is 0.112. The number of Topliss-reactive ketones (excluding diaryl/α,β-unsaturated/α-hetero) is 1. The van der Waals surface area contributed by atoms with Crippen molar-refractivity contribution < 1.29 is 4.79 Å². The molecule has 1 aliphatic rings. The van der Waals surface area contributed by atoms with Crippen LogP contribution in [0.15, 0.2) is 24.3 Å². The van der Waals surface area contributed by atoms with Crippen molar-refractivity contribution in [3.05, 3.63) is 35.4 Å².